The Morgan fingerprint density at radius 3 is 2.64 bits per heavy atom. The first-order valence-electron chi connectivity index (χ1n) is 6.78. The van der Waals surface area contributed by atoms with Gasteiger partial charge in [0.25, 0.3) is 5.91 Å². The van der Waals surface area contributed by atoms with Crippen LogP contribution in [0.3, 0.4) is 0 Å². The van der Waals surface area contributed by atoms with Crippen LogP contribution < -0.4 is 16.0 Å². The van der Waals surface area contributed by atoms with Gasteiger partial charge in [-0.25, -0.2) is 4.98 Å². The van der Waals surface area contributed by atoms with Gasteiger partial charge in [0, 0.05) is 26.0 Å². The van der Waals surface area contributed by atoms with Crippen LogP contribution in [0.2, 0.25) is 0 Å². The molecule has 0 fully saturated rings. The largest absolute Gasteiger partial charge is 0.397 e. The van der Waals surface area contributed by atoms with Crippen molar-refractivity contribution in [1.82, 2.24) is 4.98 Å². The minimum absolute atomic E-state index is 0.212. The highest BCUT2D eigenvalue weighted by Gasteiger charge is 2.20. The van der Waals surface area contributed by atoms with Gasteiger partial charge in [0.2, 0.25) is 0 Å². The summed E-state index contributed by atoms with van der Waals surface area (Å²) in [5.74, 6) is -0.212. The molecule has 0 atom stereocenters. The fourth-order valence-electron chi connectivity index (χ4n) is 2.28. The summed E-state index contributed by atoms with van der Waals surface area (Å²) in [5.41, 5.74) is 8.39. The number of pyridine rings is 1. The topological polar surface area (TPSA) is 71.2 Å². The number of anilines is 3. The van der Waals surface area contributed by atoms with Crippen molar-refractivity contribution in [3.63, 3.8) is 0 Å². The first-order chi connectivity index (χ1) is 10.6. The fourth-order valence-corrected chi connectivity index (χ4v) is 3.26. The minimum atomic E-state index is -0.212. The first-order valence-corrected chi connectivity index (χ1v) is 7.60. The number of fused-ring (bicyclic) bond motifs is 1. The number of nitrogens with zero attached hydrogens (tertiary/aromatic N) is 2. The standard InChI is InChI=1S/C16H16N4OS/c1-20(2)11-8-9-18-16-12(11)13(17)14(22-16)15(21)19-10-6-4-3-5-7-10/h3-9H,17H2,1-2H3,(H,19,21). The predicted octanol–water partition coefficient (Wildman–Crippen LogP) is 3.20. The molecule has 2 aromatic heterocycles. The van der Waals surface area contributed by atoms with Gasteiger partial charge in [-0.05, 0) is 18.2 Å². The summed E-state index contributed by atoms with van der Waals surface area (Å²) in [7, 11) is 3.88. The minimum Gasteiger partial charge on any atom is -0.397 e. The molecule has 5 nitrogen and oxygen atoms in total. The number of carbonyl (C=O) groups is 1. The molecule has 0 saturated carbocycles. The van der Waals surface area contributed by atoms with E-state index >= 15 is 0 Å². The number of para-hydroxylation sites is 1. The van der Waals surface area contributed by atoms with Gasteiger partial charge in [-0.1, -0.05) is 18.2 Å². The number of aromatic nitrogens is 1. The second kappa shape index (κ2) is 5.65. The smallest absolute Gasteiger partial charge is 0.267 e. The predicted molar refractivity (Wildman–Crippen MR) is 92.8 cm³/mol. The van der Waals surface area contributed by atoms with E-state index in [2.05, 4.69) is 10.3 Å². The second-order valence-corrected chi connectivity index (χ2v) is 6.07. The molecule has 0 spiro atoms. The third kappa shape index (κ3) is 2.48. The molecule has 22 heavy (non-hydrogen) atoms. The van der Waals surface area contributed by atoms with Crippen LogP contribution in [0.1, 0.15) is 9.67 Å². The Morgan fingerprint density at radius 2 is 1.95 bits per heavy atom. The Balaban J connectivity index is 2.03. The van der Waals surface area contributed by atoms with Crippen molar-refractivity contribution in [3.8, 4) is 0 Å². The fraction of sp³-hybridized carbons (Fsp3) is 0.125. The van der Waals surface area contributed by atoms with Crippen LogP contribution in [0.15, 0.2) is 42.6 Å². The second-order valence-electron chi connectivity index (χ2n) is 5.07. The summed E-state index contributed by atoms with van der Waals surface area (Å²) in [6.07, 6.45) is 1.73. The third-order valence-corrected chi connectivity index (χ3v) is 4.44. The Morgan fingerprint density at radius 1 is 1.23 bits per heavy atom. The van der Waals surface area contributed by atoms with Gasteiger partial charge in [0.1, 0.15) is 9.71 Å². The normalized spacial score (nSPS) is 10.6. The number of thiophene rings is 1. The molecule has 0 aliphatic heterocycles. The molecule has 3 N–H and O–H groups in total. The highest BCUT2D eigenvalue weighted by Crippen LogP contribution is 2.38. The van der Waals surface area contributed by atoms with Crippen molar-refractivity contribution in [2.75, 3.05) is 30.0 Å². The Kier molecular flexibility index (Phi) is 3.68. The van der Waals surface area contributed by atoms with Crippen molar-refractivity contribution in [2.24, 2.45) is 0 Å². The van der Waals surface area contributed by atoms with Gasteiger partial charge >= 0.3 is 0 Å². The van der Waals surface area contributed by atoms with E-state index in [1.54, 1.807) is 6.20 Å². The maximum atomic E-state index is 12.5. The highest BCUT2D eigenvalue weighted by atomic mass is 32.1. The van der Waals surface area contributed by atoms with E-state index in [0.29, 0.717) is 10.6 Å². The summed E-state index contributed by atoms with van der Waals surface area (Å²) in [6.45, 7) is 0. The van der Waals surface area contributed by atoms with Crippen LogP contribution in [-0.4, -0.2) is 25.0 Å². The summed E-state index contributed by atoms with van der Waals surface area (Å²) in [6, 6.07) is 11.2. The molecular formula is C16H16N4OS. The van der Waals surface area contributed by atoms with Crippen LogP contribution in [-0.2, 0) is 0 Å². The van der Waals surface area contributed by atoms with Gasteiger partial charge < -0.3 is 16.0 Å². The van der Waals surface area contributed by atoms with E-state index in [4.69, 9.17) is 5.73 Å². The van der Waals surface area contributed by atoms with Gasteiger partial charge in [0.05, 0.1) is 16.8 Å². The van der Waals surface area contributed by atoms with Crippen LogP contribution in [0.5, 0.6) is 0 Å². The lowest BCUT2D eigenvalue weighted by Crippen LogP contribution is -2.12. The number of nitrogens with two attached hydrogens (primary N) is 1. The summed E-state index contributed by atoms with van der Waals surface area (Å²) < 4.78 is 0. The van der Waals surface area contributed by atoms with Gasteiger partial charge in [-0.2, -0.15) is 0 Å². The average molecular weight is 312 g/mol. The Hall–Kier alpha value is -2.60. The van der Waals surface area contributed by atoms with Crippen LogP contribution >= 0.6 is 11.3 Å². The molecule has 3 aromatic rings. The molecule has 0 bridgehead atoms. The molecule has 0 unspecified atom stereocenters. The van der Waals surface area contributed by atoms with E-state index in [0.717, 1.165) is 21.6 Å². The number of rotatable bonds is 3. The molecule has 6 heteroatoms. The zero-order chi connectivity index (χ0) is 15.7. The first kappa shape index (κ1) is 14.3. The van der Waals surface area contributed by atoms with E-state index < -0.39 is 0 Å². The van der Waals surface area contributed by atoms with Gasteiger partial charge in [-0.15, -0.1) is 11.3 Å². The summed E-state index contributed by atoms with van der Waals surface area (Å²) >= 11 is 1.31. The molecule has 0 aliphatic carbocycles. The number of nitrogen functional groups attached to an aromatic ring is 1. The van der Waals surface area contributed by atoms with Crippen LogP contribution in [0.4, 0.5) is 17.1 Å². The zero-order valence-corrected chi connectivity index (χ0v) is 13.1. The SMILES string of the molecule is CN(C)c1ccnc2sc(C(=O)Nc3ccccc3)c(N)c12. The van der Waals surface area contributed by atoms with Crippen molar-refractivity contribution in [1.29, 1.82) is 0 Å². The summed E-state index contributed by atoms with van der Waals surface area (Å²) in [5, 5.41) is 3.69. The van der Waals surface area contributed by atoms with E-state index in [-0.39, 0.29) is 5.91 Å². The Labute approximate surface area is 132 Å². The monoisotopic (exact) mass is 312 g/mol. The highest BCUT2D eigenvalue weighted by molar-refractivity contribution is 7.21. The number of benzene rings is 1. The number of carbonyl (C=O) groups excluding carboxylic acids is 1. The average Bonchev–Trinajstić information content (AvgIpc) is 2.85. The lowest BCUT2D eigenvalue weighted by Gasteiger charge is -2.13. The molecule has 0 aliphatic rings. The molecule has 2 heterocycles. The van der Waals surface area contributed by atoms with Gasteiger partial charge in [0.15, 0.2) is 0 Å². The zero-order valence-electron chi connectivity index (χ0n) is 12.3. The summed E-state index contributed by atoms with van der Waals surface area (Å²) in [4.78, 5) is 20.0. The Bertz CT molecular complexity index is 827. The molecule has 1 aromatic carbocycles. The third-order valence-electron chi connectivity index (χ3n) is 3.33. The molecule has 0 saturated heterocycles. The number of amides is 1. The molecule has 0 radical (unpaired) electrons. The number of hydrogen-bond acceptors (Lipinski definition) is 5. The van der Waals surface area contributed by atoms with Gasteiger partial charge in [-0.3, -0.25) is 4.79 Å². The van der Waals surface area contributed by atoms with Crippen LogP contribution in [0.25, 0.3) is 10.2 Å². The quantitative estimate of drug-likeness (QED) is 0.779. The molecular weight excluding hydrogens is 296 g/mol. The number of hydrogen-bond donors (Lipinski definition) is 2. The van der Waals surface area contributed by atoms with Crippen LogP contribution in [0, 0.1) is 0 Å². The van der Waals surface area contributed by atoms with Crippen molar-refractivity contribution in [2.45, 2.75) is 0 Å². The maximum Gasteiger partial charge on any atom is 0.267 e. The molecule has 3 rings (SSSR count). The van der Waals surface area contributed by atoms with E-state index in [1.165, 1.54) is 11.3 Å². The maximum absolute atomic E-state index is 12.5. The number of nitrogens with one attached hydrogen (secondary N) is 1. The van der Waals surface area contributed by atoms with Crippen molar-refractivity contribution >= 4 is 44.5 Å². The van der Waals surface area contributed by atoms with Crippen molar-refractivity contribution in [3.05, 3.63) is 47.5 Å². The molecule has 112 valence electrons. The lowest BCUT2D eigenvalue weighted by atomic mass is 10.2. The van der Waals surface area contributed by atoms with E-state index in [9.17, 15) is 4.79 Å². The molecule has 1 amide bonds. The van der Waals surface area contributed by atoms with Crippen molar-refractivity contribution < 1.29 is 4.79 Å². The lowest BCUT2D eigenvalue weighted by molar-refractivity contribution is 0.103. The van der Waals surface area contributed by atoms with E-state index in [1.807, 2.05) is 55.4 Å².